The van der Waals surface area contributed by atoms with Gasteiger partial charge in [-0.2, -0.15) is 0 Å². The van der Waals surface area contributed by atoms with Crippen molar-refractivity contribution in [1.29, 1.82) is 0 Å². The van der Waals surface area contributed by atoms with Gasteiger partial charge in [0.2, 0.25) is 0 Å². The average molecular weight is 222 g/mol. The molecule has 0 aromatic rings. The molecule has 0 aromatic heterocycles. The molecule has 3 nitrogen and oxygen atoms in total. The molecule has 0 saturated carbocycles. The first-order valence-corrected chi connectivity index (χ1v) is 5.06. The van der Waals surface area contributed by atoms with E-state index in [0.717, 1.165) is 25.4 Å². The van der Waals surface area contributed by atoms with Crippen molar-refractivity contribution in [3.63, 3.8) is 0 Å². The van der Waals surface area contributed by atoms with E-state index in [0.29, 0.717) is 0 Å². The number of hydrogen-bond donors (Lipinski definition) is 1. The molecular weight excluding hydrogens is 202 g/mol. The number of nitrogens with one attached hydrogen (secondary N) is 1. The molecule has 0 amide bonds. The third kappa shape index (κ3) is 5.45. The highest BCUT2D eigenvalue weighted by Gasteiger charge is 2.17. The summed E-state index contributed by atoms with van der Waals surface area (Å²) in [4.78, 5) is 10.7. The molecule has 1 rings (SSSR count). The van der Waals surface area contributed by atoms with Crippen LogP contribution in [-0.2, 0) is 9.53 Å². The van der Waals surface area contributed by atoms with Gasteiger partial charge in [-0.3, -0.25) is 4.79 Å². The van der Waals surface area contributed by atoms with Gasteiger partial charge in [-0.1, -0.05) is 0 Å². The smallest absolute Gasteiger partial charge is 0.302 e. The van der Waals surface area contributed by atoms with E-state index in [9.17, 15) is 4.79 Å². The summed E-state index contributed by atoms with van der Waals surface area (Å²) in [6.45, 7) is 5.66. The zero-order chi connectivity index (χ0) is 9.68. The van der Waals surface area contributed by atoms with E-state index < -0.39 is 0 Å². The summed E-state index contributed by atoms with van der Waals surface area (Å²) in [6.07, 6.45) is 3.53. The van der Waals surface area contributed by atoms with Crippen LogP contribution in [0.3, 0.4) is 0 Å². The molecule has 0 aromatic carbocycles. The molecule has 14 heavy (non-hydrogen) atoms. The first-order chi connectivity index (χ1) is 6.18. The number of piperidine rings is 1. The molecular formula is C10H20ClNO2. The quantitative estimate of drug-likeness (QED) is 0.738. The maximum absolute atomic E-state index is 10.7. The molecule has 1 heterocycles. The highest BCUT2D eigenvalue weighted by atomic mass is 35.5. The molecule has 1 saturated heterocycles. The first kappa shape index (κ1) is 13.7. The highest BCUT2D eigenvalue weighted by Crippen LogP contribution is 2.19. The summed E-state index contributed by atoms with van der Waals surface area (Å²) in [5, 5.41) is 3.32. The summed E-state index contributed by atoms with van der Waals surface area (Å²) in [6, 6.07) is 0. The zero-order valence-electron chi connectivity index (χ0n) is 8.91. The van der Waals surface area contributed by atoms with Crippen LogP contribution in [0.4, 0.5) is 0 Å². The maximum atomic E-state index is 10.7. The van der Waals surface area contributed by atoms with Gasteiger partial charge in [0.25, 0.3) is 0 Å². The second kappa shape index (κ2) is 7.07. The Hall–Kier alpha value is -0.280. The fourth-order valence-corrected chi connectivity index (χ4v) is 1.92. The Kier molecular flexibility index (Phi) is 6.93. The molecule has 1 N–H and O–H groups in total. The van der Waals surface area contributed by atoms with E-state index in [1.807, 2.05) is 6.92 Å². The molecule has 84 valence electrons. The third-order valence-corrected chi connectivity index (χ3v) is 2.49. The van der Waals surface area contributed by atoms with Crippen molar-refractivity contribution < 1.29 is 9.53 Å². The SMILES string of the molecule is CC(=O)OC(C)CC1CCNCC1.Cl. The average Bonchev–Trinajstić information content (AvgIpc) is 2.04. The lowest BCUT2D eigenvalue weighted by Gasteiger charge is -2.24. The molecule has 1 aliphatic heterocycles. The van der Waals surface area contributed by atoms with Crippen LogP contribution < -0.4 is 5.32 Å². The van der Waals surface area contributed by atoms with Crippen molar-refractivity contribution in [2.75, 3.05) is 13.1 Å². The van der Waals surface area contributed by atoms with E-state index in [1.54, 1.807) is 0 Å². The van der Waals surface area contributed by atoms with Crippen molar-refractivity contribution in [1.82, 2.24) is 5.32 Å². The molecule has 1 unspecified atom stereocenters. The zero-order valence-corrected chi connectivity index (χ0v) is 9.73. The molecule has 0 spiro atoms. The lowest BCUT2D eigenvalue weighted by Crippen LogP contribution is -2.30. The van der Waals surface area contributed by atoms with Gasteiger partial charge in [0, 0.05) is 6.92 Å². The maximum Gasteiger partial charge on any atom is 0.302 e. The Morgan fingerprint density at radius 2 is 2.07 bits per heavy atom. The van der Waals surface area contributed by atoms with Crippen LogP contribution in [-0.4, -0.2) is 25.2 Å². The first-order valence-electron chi connectivity index (χ1n) is 5.06. The van der Waals surface area contributed by atoms with Crippen LogP contribution in [0.25, 0.3) is 0 Å². The summed E-state index contributed by atoms with van der Waals surface area (Å²) in [7, 11) is 0. The summed E-state index contributed by atoms with van der Waals surface area (Å²) in [5.74, 6) is 0.567. The molecule has 1 atom stereocenters. The molecule has 0 radical (unpaired) electrons. The number of ether oxygens (including phenoxy) is 1. The Bertz CT molecular complexity index is 170. The number of esters is 1. The lowest BCUT2D eigenvalue weighted by molar-refractivity contribution is -0.146. The van der Waals surface area contributed by atoms with Crippen molar-refractivity contribution in [3.8, 4) is 0 Å². The van der Waals surface area contributed by atoms with Crippen molar-refractivity contribution >= 4 is 18.4 Å². The predicted octanol–water partition coefficient (Wildman–Crippen LogP) is 1.75. The highest BCUT2D eigenvalue weighted by molar-refractivity contribution is 5.85. The second-order valence-corrected chi connectivity index (χ2v) is 3.85. The van der Waals surface area contributed by atoms with Crippen molar-refractivity contribution in [2.24, 2.45) is 5.92 Å². The largest absolute Gasteiger partial charge is 0.463 e. The standard InChI is InChI=1S/C10H19NO2.ClH/c1-8(13-9(2)12)7-10-3-5-11-6-4-10;/h8,10-11H,3-7H2,1-2H3;1H. The van der Waals surface area contributed by atoms with Gasteiger partial charge in [-0.05, 0) is 45.2 Å². The van der Waals surface area contributed by atoms with Crippen molar-refractivity contribution in [2.45, 2.75) is 39.2 Å². The topological polar surface area (TPSA) is 38.3 Å². The van der Waals surface area contributed by atoms with Gasteiger partial charge in [-0.15, -0.1) is 12.4 Å². The van der Waals surface area contributed by atoms with E-state index in [2.05, 4.69) is 5.32 Å². The van der Waals surface area contributed by atoms with Gasteiger partial charge in [0.1, 0.15) is 0 Å². The predicted molar refractivity (Wildman–Crippen MR) is 58.7 cm³/mol. The van der Waals surface area contributed by atoms with Gasteiger partial charge in [0.15, 0.2) is 0 Å². The number of hydrogen-bond acceptors (Lipinski definition) is 3. The van der Waals surface area contributed by atoms with Gasteiger partial charge >= 0.3 is 5.97 Å². The minimum absolute atomic E-state index is 0. The molecule has 0 bridgehead atoms. The number of carbonyl (C=O) groups excluding carboxylic acids is 1. The minimum Gasteiger partial charge on any atom is -0.463 e. The number of rotatable bonds is 3. The van der Waals surface area contributed by atoms with Crippen molar-refractivity contribution in [3.05, 3.63) is 0 Å². The van der Waals surface area contributed by atoms with Crippen LogP contribution in [0.1, 0.15) is 33.1 Å². The van der Waals surface area contributed by atoms with Gasteiger partial charge in [-0.25, -0.2) is 0 Å². The Morgan fingerprint density at radius 1 is 1.50 bits per heavy atom. The third-order valence-electron chi connectivity index (χ3n) is 2.49. The Morgan fingerprint density at radius 3 is 2.57 bits per heavy atom. The van der Waals surface area contributed by atoms with Crippen LogP contribution >= 0.6 is 12.4 Å². The van der Waals surface area contributed by atoms with Crippen LogP contribution in [0.15, 0.2) is 0 Å². The Labute approximate surface area is 92.0 Å². The molecule has 4 heteroatoms. The van der Waals surface area contributed by atoms with Gasteiger partial charge < -0.3 is 10.1 Å². The van der Waals surface area contributed by atoms with E-state index in [-0.39, 0.29) is 24.5 Å². The summed E-state index contributed by atoms with van der Waals surface area (Å²) < 4.78 is 5.09. The number of halogens is 1. The van der Waals surface area contributed by atoms with E-state index in [4.69, 9.17) is 4.74 Å². The Balaban J connectivity index is 0.00000169. The fraction of sp³-hybridized carbons (Fsp3) is 0.900. The summed E-state index contributed by atoms with van der Waals surface area (Å²) >= 11 is 0. The molecule has 1 fully saturated rings. The monoisotopic (exact) mass is 221 g/mol. The van der Waals surface area contributed by atoms with Crippen LogP contribution in [0.2, 0.25) is 0 Å². The lowest BCUT2D eigenvalue weighted by atomic mass is 9.92. The molecule has 0 aliphatic carbocycles. The van der Waals surface area contributed by atoms with Gasteiger partial charge in [0.05, 0.1) is 6.10 Å². The minimum atomic E-state index is -0.165. The fourth-order valence-electron chi connectivity index (χ4n) is 1.92. The number of carbonyl (C=O) groups is 1. The van der Waals surface area contributed by atoms with E-state index >= 15 is 0 Å². The van der Waals surface area contributed by atoms with E-state index in [1.165, 1.54) is 19.8 Å². The van der Waals surface area contributed by atoms with Crippen LogP contribution in [0.5, 0.6) is 0 Å². The summed E-state index contributed by atoms with van der Waals surface area (Å²) in [5.41, 5.74) is 0. The molecule has 1 aliphatic rings. The normalized spacial score (nSPS) is 19.6. The second-order valence-electron chi connectivity index (χ2n) is 3.85. The van der Waals surface area contributed by atoms with Crippen LogP contribution in [0, 0.1) is 5.92 Å².